The highest BCUT2D eigenvalue weighted by Gasteiger charge is 2.33. The van der Waals surface area contributed by atoms with Crippen molar-refractivity contribution in [2.45, 2.75) is 18.6 Å². The number of hydrogen-bond donors (Lipinski definition) is 1. The molecule has 0 fully saturated rings. The lowest BCUT2D eigenvalue weighted by atomic mass is 10.1. The van der Waals surface area contributed by atoms with Gasteiger partial charge in [-0.25, -0.2) is 4.98 Å². The molecule has 0 unspecified atom stereocenters. The molecule has 20 heavy (non-hydrogen) atoms. The van der Waals surface area contributed by atoms with E-state index in [0.717, 1.165) is 11.4 Å². The number of benzene rings is 1. The molecule has 2 atom stereocenters. The predicted octanol–water partition coefficient (Wildman–Crippen LogP) is 2.65. The van der Waals surface area contributed by atoms with E-state index in [4.69, 9.17) is 4.42 Å². The first-order valence-electron chi connectivity index (χ1n) is 6.67. The van der Waals surface area contributed by atoms with E-state index < -0.39 is 6.10 Å². The third-order valence-electron chi connectivity index (χ3n) is 3.88. The molecular weight excluding hydrogens is 252 g/mol. The van der Waals surface area contributed by atoms with Crippen LogP contribution in [-0.4, -0.2) is 20.8 Å². The first kappa shape index (κ1) is 11.5. The predicted molar refractivity (Wildman–Crippen MR) is 74.2 cm³/mol. The molecule has 1 aliphatic rings. The van der Waals surface area contributed by atoms with Gasteiger partial charge in [0.25, 0.3) is 0 Å². The van der Waals surface area contributed by atoms with Gasteiger partial charge in [0, 0.05) is 18.8 Å². The van der Waals surface area contributed by atoms with Crippen LogP contribution in [0.25, 0.3) is 11.6 Å². The molecule has 0 spiro atoms. The van der Waals surface area contributed by atoms with Crippen LogP contribution in [0, 0.1) is 0 Å². The van der Waals surface area contributed by atoms with E-state index in [1.165, 1.54) is 5.56 Å². The van der Waals surface area contributed by atoms with Crippen molar-refractivity contribution in [3.63, 3.8) is 0 Å². The standard InChI is InChI=1S/C16H14N2O2/c19-13-10-11-4-1-2-5-12(11)15(13)18-8-7-17-16(18)14-6-3-9-20-14/h1-9,13,15,19H,10H2/t13-,15+/m0/s1. The number of furan rings is 1. The van der Waals surface area contributed by atoms with E-state index in [-0.39, 0.29) is 6.04 Å². The molecule has 0 aliphatic heterocycles. The second-order valence-corrected chi connectivity index (χ2v) is 5.05. The summed E-state index contributed by atoms with van der Waals surface area (Å²) in [5.74, 6) is 1.46. The van der Waals surface area contributed by atoms with Crippen LogP contribution in [0.2, 0.25) is 0 Å². The van der Waals surface area contributed by atoms with Gasteiger partial charge in [-0.1, -0.05) is 24.3 Å². The zero-order chi connectivity index (χ0) is 13.5. The van der Waals surface area contributed by atoms with Gasteiger partial charge in [-0.2, -0.15) is 0 Å². The van der Waals surface area contributed by atoms with Crippen LogP contribution in [0.1, 0.15) is 17.2 Å². The number of rotatable bonds is 2. The van der Waals surface area contributed by atoms with Crippen LogP contribution < -0.4 is 0 Å². The molecule has 1 N–H and O–H groups in total. The number of fused-ring (bicyclic) bond motifs is 1. The van der Waals surface area contributed by atoms with E-state index in [1.54, 1.807) is 12.5 Å². The summed E-state index contributed by atoms with van der Waals surface area (Å²) < 4.78 is 7.43. The maximum absolute atomic E-state index is 10.4. The smallest absolute Gasteiger partial charge is 0.176 e. The number of aliphatic hydroxyl groups excluding tert-OH is 1. The van der Waals surface area contributed by atoms with Gasteiger partial charge in [0.1, 0.15) is 0 Å². The molecule has 0 bridgehead atoms. The summed E-state index contributed by atoms with van der Waals surface area (Å²) in [6.45, 7) is 0. The summed E-state index contributed by atoms with van der Waals surface area (Å²) in [5.41, 5.74) is 2.36. The Hall–Kier alpha value is -2.33. The van der Waals surface area contributed by atoms with Crippen molar-refractivity contribution in [2.75, 3.05) is 0 Å². The molecule has 0 saturated carbocycles. The first-order valence-corrected chi connectivity index (χ1v) is 6.67. The Morgan fingerprint density at radius 3 is 2.95 bits per heavy atom. The summed E-state index contributed by atoms with van der Waals surface area (Å²) in [5, 5.41) is 10.4. The number of nitrogens with zero attached hydrogens (tertiary/aromatic N) is 2. The maximum Gasteiger partial charge on any atom is 0.176 e. The van der Waals surface area contributed by atoms with Gasteiger partial charge in [0.05, 0.1) is 18.4 Å². The molecule has 1 aromatic carbocycles. The Morgan fingerprint density at radius 2 is 2.10 bits per heavy atom. The van der Waals surface area contributed by atoms with Crippen LogP contribution in [0.15, 0.2) is 59.5 Å². The average Bonchev–Trinajstić information content (AvgIpc) is 3.16. The number of hydrogen-bond acceptors (Lipinski definition) is 3. The Kier molecular flexibility index (Phi) is 2.50. The average molecular weight is 266 g/mol. The minimum Gasteiger partial charge on any atom is -0.461 e. The molecule has 3 aromatic rings. The molecule has 100 valence electrons. The second kappa shape index (κ2) is 4.35. The van der Waals surface area contributed by atoms with Crippen LogP contribution in [0.5, 0.6) is 0 Å². The van der Waals surface area contributed by atoms with Crippen molar-refractivity contribution < 1.29 is 9.52 Å². The highest BCUT2D eigenvalue weighted by atomic mass is 16.3. The highest BCUT2D eigenvalue weighted by molar-refractivity contribution is 5.49. The minimum atomic E-state index is -0.435. The Morgan fingerprint density at radius 1 is 1.20 bits per heavy atom. The zero-order valence-electron chi connectivity index (χ0n) is 10.8. The number of aromatic nitrogens is 2. The Balaban J connectivity index is 1.85. The normalized spacial score (nSPS) is 21.1. The molecule has 0 saturated heterocycles. The summed E-state index contributed by atoms with van der Waals surface area (Å²) in [4.78, 5) is 4.37. The van der Waals surface area contributed by atoms with E-state index in [9.17, 15) is 5.11 Å². The molecule has 4 rings (SSSR count). The fourth-order valence-electron chi connectivity index (χ4n) is 3.02. The fraction of sp³-hybridized carbons (Fsp3) is 0.188. The van der Waals surface area contributed by atoms with Crippen molar-refractivity contribution in [3.8, 4) is 11.6 Å². The monoisotopic (exact) mass is 266 g/mol. The number of imidazole rings is 1. The lowest BCUT2D eigenvalue weighted by molar-refractivity contribution is 0.145. The van der Waals surface area contributed by atoms with Gasteiger partial charge in [-0.15, -0.1) is 0 Å². The second-order valence-electron chi connectivity index (χ2n) is 5.05. The molecule has 4 nitrogen and oxygen atoms in total. The largest absolute Gasteiger partial charge is 0.461 e. The Labute approximate surface area is 116 Å². The van der Waals surface area contributed by atoms with E-state index in [1.807, 2.05) is 35.0 Å². The lowest BCUT2D eigenvalue weighted by Gasteiger charge is -2.19. The van der Waals surface area contributed by atoms with Crippen LogP contribution >= 0.6 is 0 Å². The SMILES string of the molecule is O[C@H]1Cc2ccccc2[C@H]1n1ccnc1-c1ccco1. The summed E-state index contributed by atoms with van der Waals surface area (Å²) >= 11 is 0. The number of aliphatic hydroxyl groups is 1. The van der Waals surface area contributed by atoms with Gasteiger partial charge in [-0.05, 0) is 23.3 Å². The molecule has 1 aliphatic carbocycles. The summed E-state index contributed by atoms with van der Waals surface area (Å²) in [6.07, 6.45) is 5.51. The van der Waals surface area contributed by atoms with Crippen LogP contribution in [-0.2, 0) is 6.42 Å². The van der Waals surface area contributed by atoms with Gasteiger partial charge in [-0.3, -0.25) is 0 Å². The highest BCUT2D eigenvalue weighted by Crippen LogP contribution is 2.36. The summed E-state index contributed by atoms with van der Waals surface area (Å²) in [6, 6.07) is 11.8. The van der Waals surface area contributed by atoms with Gasteiger partial charge in [0.2, 0.25) is 0 Å². The van der Waals surface area contributed by atoms with E-state index >= 15 is 0 Å². The molecule has 4 heteroatoms. The zero-order valence-corrected chi connectivity index (χ0v) is 10.8. The summed E-state index contributed by atoms with van der Waals surface area (Å²) in [7, 11) is 0. The lowest BCUT2D eigenvalue weighted by Crippen LogP contribution is -2.21. The molecule has 0 radical (unpaired) electrons. The minimum absolute atomic E-state index is 0.103. The van der Waals surface area contributed by atoms with Crippen molar-refractivity contribution in [2.24, 2.45) is 0 Å². The molecule has 0 amide bonds. The fourth-order valence-corrected chi connectivity index (χ4v) is 3.02. The topological polar surface area (TPSA) is 51.2 Å². The van der Waals surface area contributed by atoms with Crippen molar-refractivity contribution in [1.29, 1.82) is 0 Å². The molecule has 2 heterocycles. The van der Waals surface area contributed by atoms with E-state index in [0.29, 0.717) is 12.2 Å². The first-order chi connectivity index (χ1) is 9.84. The maximum atomic E-state index is 10.4. The van der Waals surface area contributed by atoms with E-state index in [2.05, 4.69) is 17.1 Å². The van der Waals surface area contributed by atoms with Crippen molar-refractivity contribution >= 4 is 0 Å². The molecular formula is C16H14N2O2. The van der Waals surface area contributed by atoms with Gasteiger partial charge >= 0.3 is 0 Å². The quantitative estimate of drug-likeness (QED) is 0.775. The van der Waals surface area contributed by atoms with Crippen LogP contribution in [0.3, 0.4) is 0 Å². The third kappa shape index (κ3) is 1.62. The third-order valence-corrected chi connectivity index (χ3v) is 3.88. The van der Waals surface area contributed by atoms with Crippen LogP contribution in [0.4, 0.5) is 0 Å². The van der Waals surface area contributed by atoms with Crippen molar-refractivity contribution in [3.05, 3.63) is 66.2 Å². The Bertz CT molecular complexity index is 731. The van der Waals surface area contributed by atoms with Gasteiger partial charge in [0.15, 0.2) is 11.6 Å². The van der Waals surface area contributed by atoms with Gasteiger partial charge < -0.3 is 14.1 Å². The van der Waals surface area contributed by atoms with Crippen molar-refractivity contribution in [1.82, 2.24) is 9.55 Å². The molecule has 2 aromatic heterocycles.